The van der Waals surface area contributed by atoms with Crippen LogP contribution in [0.15, 0.2) is 11.6 Å². The van der Waals surface area contributed by atoms with Gasteiger partial charge in [0.15, 0.2) is 5.13 Å². The van der Waals surface area contributed by atoms with Crippen molar-refractivity contribution < 1.29 is 27.9 Å². The molecule has 9 heteroatoms. The molecule has 0 aliphatic rings. The van der Waals surface area contributed by atoms with Crippen molar-refractivity contribution in [2.45, 2.75) is 6.18 Å². The van der Waals surface area contributed by atoms with Crippen molar-refractivity contribution in [3.63, 3.8) is 0 Å². The molecule has 0 atom stereocenters. The molecule has 0 saturated heterocycles. The lowest BCUT2D eigenvalue weighted by molar-refractivity contribution is -0.171. The first-order valence-corrected chi connectivity index (χ1v) is 4.70. The van der Waals surface area contributed by atoms with Gasteiger partial charge >= 0.3 is 12.1 Å². The Bertz CT molecular complexity index is 390. The first kappa shape index (κ1) is 12.6. The molecule has 0 spiro atoms. The Kier molecular flexibility index (Phi) is 3.60. The van der Waals surface area contributed by atoms with E-state index in [0.717, 1.165) is 6.20 Å². The molecule has 0 saturated carbocycles. The van der Waals surface area contributed by atoms with Gasteiger partial charge in [-0.05, 0) is 0 Å². The first-order valence-electron chi connectivity index (χ1n) is 3.82. The molecular weight excluding hydrogens is 249 g/mol. The molecule has 0 fully saturated rings. The minimum absolute atomic E-state index is 0.190. The summed E-state index contributed by atoms with van der Waals surface area (Å²) in [4.78, 5) is 25.1. The molecular formula is C7H5F3N2O3S. The maximum absolute atomic E-state index is 12.1. The average Bonchev–Trinajstić information content (AvgIpc) is 2.69. The molecule has 0 radical (unpaired) electrons. The number of rotatable bonds is 2. The highest BCUT2D eigenvalue weighted by molar-refractivity contribution is 7.14. The van der Waals surface area contributed by atoms with E-state index >= 15 is 0 Å². The third kappa shape index (κ3) is 2.55. The highest BCUT2D eigenvalue weighted by Gasteiger charge is 2.46. The summed E-state index contributed by atoms with van der Waals surface area (Å²) in [7, 11) is 0. The predicted octanol–water partition coefficient (Wildman–Crippen LogP) is 0.557. The van der Waals surface area contributed by atoms with Crippen LogP contribution >= 0.6 is 11.3 Å². The number of thiazole rings is 1. The van der Waals surface area contributed by atoms with Crippen LogP contribution in [0, 0.1) is 0 Å². The van der Waals surface area contributed by atoms with E-state index in [1.54, 1.807) is 0 Å². The van der Waals surface area contributed by atoms with Gasteiger partial charge in [-0.2, -0.15) is 13.2 Å². The van der Waals surface area contributed by atoms with Crippen molar-refractivity contribution in [2.24, 2.45) is 0 Å². The second-order valence-electron chi connectivity index (χ2n) is 2.50. The summed E-state index contributed by atoms with van der Waals surface area (Å²) in [5, 5.41) is 9.36. The number of carbonyl (C=O) groups is 2. The van der Waals surface area contributed by atoms with Gasteiger partial charge in [-0.3, -0.25) is 9.59 Å². The maximum Gasteiger partial charge on any atom is 0.472 e. The zero-order valence-corrected chi connectivity index (χ0v) is 8.38. The number of hydrogen-bond donors (Lipinski definition) is 1. The van der Waals surface area contributed by atoms with E-state index < -0.39 is 29.7 Å². The van der Waals surface area contributed by atoms with E-state index in [2.05, 4.69) is 4.98 Å². The van der Waals surface area contributed by atoms with Crippen LogP contribution in [0.5, 0.6) is 0 Å². The van der Waals surface area contributed by atoms with E-state index in [4.69, 9.17) is 5.11 Å². The van der Waals surface area contributed by atoms with Gasteiger partial charge in [-0.1, -0.05) is 0 Å². The van der Waals surface area contributed by atoms with Crippen molar-refractivity contribution in [1.29, 1.82) is 0 Å². The fourth-order valence-corrected chi connectivity index (χ4v) is 1.49. The predicted molar refractivity (Wildman–Crippen MR) is 47.7 cm³/mol. The normalized spacial score (nSPS) is 11.2. The minimum atomic E-state index is -5.20. The van der Waals surface area contributed by atoms with Gasteiger partial charge < -0.3 is 5.11 Å². The smallest absolute Gasteiger partial charge is 0.387 e. The van der Waals surface area contributed by atoms with Crippen LogP contribution in [-0.4, -0.2) is 34.7 Å². The fourth-order valence-electron chi connectivity index (χ4n) is 0.831. The molecule has 1 N–H and O–H groups in total. The Labute approximate surface area is 91.1 Å². The van der Waals surface area contributed by atoms with Crippen molar-refractivity contribution >= 4 is 28.3 Å². The number of aliphatic hydroxyl groups is 1. The number of aliphatic hydroxyl groups excluding tert-OH is 1. The van der Waals surface area contributed by atoms with Gasteiger partial charge in [0, 0.05) is 11.6 Å². The highest BCUT2D eigenvalue weighted by Crippen LogP contribution is 2.25. The van der Waals surface area contributed by atoms with Gasteiger partial charge in [0.05, 0.1) is 0 Å². The van der Waals surface area contributed by atoms with E-state index in [1.807, 2.05) is 0 Å². The molecule has 0 aromatic carbocycles. The summed E-state index contributed by atoms with van der Waals surface area (Å²) in [5.41, 5.74) is 0. The number of nitrogens with zero attached hydrogens (tertiary/aromatic N) is 2. The number of halogens is 3. The molecule has 1 heterocycles. The van der Waals surface area contributed by atoms with Crippen molar-refractivity contribution in [3.8, 4) is 0 Å². The summed E-state index contributed by atoms with van der Waals surface area (Å²) >= 11 is 0.681. The second kappa shape index (κ2) is 4.58. The molecule has 2 amide bonds. The van der Waals surface area contributed by atoms with Crippen LogP contribution in [0.25, 0.3) is 0 Å². The second-order valence-corrected chi connectivity index (χ2v) is 3.38. The van der Waals surface area contributed by atoms with Crippen LogP contribution in [0.4, 0.5) is 18.3 Å². The lowest BCUT2D eigenvalue weighted by Crippen LogP contribution is -2.46. The molecule has 1 aromatic heterocycles. The van der Waals surface area contributed by atoms with Crippen LogP contribution in [0.1, 0.15) is 0 Å². The molecule has 0 aliphatic carbocycles. The Morgan fingerprint density at radius 3 is 2.50 bits per heavy atom. The van der Waals surface area contributed by atoms with Gasteiger partial charge in [-0.15, -0.1) is 11.3 Å². The van der Waals surface area contributed by atoms with Gasteiger partial charge in [0.1, 0.15) is 6.61 Å². The first-order chi connectivity index (χ1) is 7.38. The lowest BCUT2D eigenvalue weighted by atomic mass is 10.4. The number of aromatic nitrogens is 1. The summed E-state index contributed by atoms with van der Waals surface area (Å²) in [6.45, 7) is -1.21. The maximum atomic E-state index is 12.1. The SMILES string of the molecule is O=C(CO)N(C(=O)C(F)(F)F)c1nccs1. The van der Waals surface area contributed by atoms with Crippen LogP contribution in [-0.2, 0) is 9.59 Å². The third-order valence-corrected chi connectivity index (χ3v) is 2.20. The fraction of sp³-hybridized carbons (Fsp3) is 0.286. The van der Waals surface area contributed by atoms with Gasteiger partial charge in [-0.25, -0.2) is 9.88 Å². The standard InChI is InChI=1S/C7H5F3N2O3S/c8-7(9,10)5(15)12(4(14)3-13)6-11-1-2-16-6/h1-2,13H,3H2. The summed E-state index contributed by atoms with van der Waals surface area (Å²) < 4.78 is 36.4. The lowest BCUT2D eigenvalue weighted by Gasteiger charge is -2.17. The third-order valence-electron chi connectivity index (χ3n) is 1.44. The van der Waals surface area contributed by atoms with Crippen LogP contribution in [0.3, 0.4) is 0 Å². The zero-order chi connectivity index (χ0) is 12.3. The van der Waals surface area contributed by atoms with E-state index in [0.29, 0.717) is 11.3 Å². The van der Waals surface area contributed by atoms with Crippen molar-refractivity contribution in [1.82, 2.24) is 4.98 Å². The van der Waals surface area contributed by atoms with Crippen LogP contribution < -0.4 is 4.90 Å². The van der Waals surface area contributed by atoms with Crippen LogP contribution in [0.2, 0.25) is 0 Å². The van der Waals surface area contributed by atoms with E-state index in [9.17, 15) is 22.8 Å². The largest absolute Gasteiger partial charge is 0.472 e. The highest BCUT2D eigenvalue weighted by atomic mass is 32.1. The van der Waals surface area contributed by atoms with E-state index in [1.165, 1.54) is 5.38 Å². The molecule has 1 rings (SSSR count). The Morgan fingerprint density at radius 2 is 2.12 bits per heavy atom. The molecule has 0 unspecified atom stereocenters. The van der Waals surface area contributed by atoms with E-state index in [-0.39, 0.29) is 4.90 Å². The number of imide groups is 1. The van der Waals surface area contributed by atoms with Crippen molar-refractivity contribution in [3.05, 3.63) is 11.6 Å². The monoisotopic (exact) mass is 254 g/mol. The molecule has 0 bridgehead atoms. The number of hydrogen-bond acceptors (Lipinski definition) is 5. The minimum Gasteiger partial charge on any atom is -0.387 e. The Morgan fingerprint density at radius 1 is 1.50 bits per heavy atom. The number of amides is 2. The average molecular weight is 254 g/mol. The summed E-state index contributed by atoms with van der Waals surface area (Å²) in [6, 6.07) is 0. The van der Waals surface area contributed by atoms with Gasteiger partial charge in [0.2, 0.25) is 0 Å². The molecule has 16 heavy (non-hydrogen) atoms. The van der Waals surface area contributed by atoms with Crippen molar-refractivity contribution in [2.75, 3.05) is 11.5 Å². The molecule has 5 nitrogen and oxygen atoms in total. The molecule has 88 valence electrons. The topological polar surface area (TPSA) is 70.5 Å². The molecule has 0 aliphatic heterocycles. The number of carbonyl (C=O) groups excluding carboxylic acids is 2. The summed E-state index contributed by atoms with van der Waals surface area (Å²) in [6.07, 6.45) is -4.06. The summed E-state index contributed by atoms with van der Waals surface area (Å²) in [5.74, 6) is -3.75. The number of alkyl halides is 3. The Balaban J connectivity index is 3.07. The Hall–Kier alpha value is -1.48. The zero-order valence-electron chi connectivity index (χ0n) is 7.56. The molecule has 1 aromatic rings. The van der Waals surface area contributed by atoms with Gasteiger partial charge in [0.25, 0.3) is 5.91 Å². The number of anilines is 1. The quantitative estimate of drug-likeness (QED) is 0.837.